The second-order valence-corrected chi connectivity index (χ2v) is 7.33. The Bertz CT molecular complexity index is 731. The Balaban J connectivity index is 1.66. The van der Waals surface area contributed by atoms with E-state index in [1.165, 1.54) is 57.8 Å². The number of hydrazone groups is 1. The number of benzene rings is 2. The summed E-state index contributed by atoms with van der Waals surface area (Å²) in [5.41, 5.74) is 4.67. The Morgan fingerprint density at radius 2 is 1.31 bits per heavy atom. The molecule has 1 aliphatic carbocycles. The number of rotatable bonds is 2. The molecule has 0 spiro atoms. The SMILES string of the molecule is O=C(NN=C1CCCCCCCCCCC1)c1cccc2ccccc12. The highest BCUT2D eigenvalue weighted by molar-refractivity contribution is 6.07. The van der Waals surface area contributed by atoms with Crippen LogP contribution >= 0.6 is 0 Å². The zero-order chi connectivity index (χ0) is 18.0. The van der Waals surface area contributed by atoms with Crippen molar-refractivity contribution in [2.45, 2.75) is 70.6 Å². The lowest BCUT2D eigenvalue weighted by atomic mass is 10.00. The van der Waals surface area contributed by atoms with Gasteiger partial charge in [0.15, 0.2) is 0 Å². The average Bonchev–Trinajstić information content (AvgIpc) is 2.67. The quantitative estimate of drug-likeness (QED) is 0.641. The number of hydrogen-bond acceptors (Lipinski definition) is 2. The highest BCUT2D eigenvalue weighted by Gasteiger charge is 2.10. The van der Waals surface area contributed by atoms with Crippen LogP contribution in [0.3, 0.4) is 0 Å². The van der Waals surface area contributed by atoms with E-state index in [0.717, 1.165) is 29.3 Å². The molecule has 0 heterocycles. The molecule has 1 amide bonds. The minimum atomic E-state index is -0.111. The van der Waals surface area contributed by atoms with E-state index in [-0.39, 0.29) is 5.91 Å². The monoisotopic (exact) mass is 350 g/mol. The maximum absolute atomic E-state index is 12.7. The molecular formula is C23H30N2O. The summed E-state index contributed by atoms with van der Waals surface area (Å²) in [5, 5.41) is 6.57. The molecule has 0 atom stereocenters. The molecular weight excluding hydrogens is 320 g/mol. The van der Waals surface area contributed by atoms with E-state index in [1.54, 1.807) is 0 Å². The number of amides is 1. The summed E-state index contributed by atoms with van der Waals surface area (Å²) in [6.45, 7) is 0. The fourth-order valence-electron chi connectivity index (χ4n) is 3.75. The number of carbonyl (C=O) groups excluding carboxylic acids is 1. The first kappa shape index (κ1) is 18.6. The summed E-state index contributed by atoms with van der Waals surface area (Å²) in [7, 11) is 0. The highest BCUT2D eigenvalue weighted by atomic mass is 16.2. The van der Waals surface area contributed by atoms with E-state index in [4.69, 9.17) is 0 Å². The van der Waals surface area contributed by atoms with E-state index in [1.807, 2.05) is 42.5 Å². The zero-order valence-corrected chi connectivity index (χ0v) is 15.7. The van der Waals surface area contributed by atoms with Gasteiger partial charge in [0.1, 0.15) is 0 Å². The first-order chi connectivity index (χ1) is 12.8. The Kier molecular flexibility index (Phi) is 7.24. The van der Waals surface area contributed by atoms with Crippen molar-refractivity contribution in [3.63, 3.8) is 0 Å². The lowest BCUT2D eigenvalue weighted by molar-refractivity contribution is 0.0956. The van der Waals surface area contributed by atoms with E-state index in [0.29, 0.717) is 5.56 Å². The van der Waals surface area contributed by atoms with Crippen LogP contribution in [0.15, 0.2) is 47.6 Å². The maximum Gasteiger partial charge on any atom is 0.271 e. The molecule has 1 saturated carbocycles. The normalized spacial score (nSPS) is 17.2. The molecule has 2 aromatic carbocycles. The Labute approximate surface area is 156 Å². The molecule has 26 heavy (non-hydrogen) atoms. The van der Waals surface area contributed by atoms with Gasteiger partial charge in [-0.1, -0.05) is 81.3 Å². The van der Waals surface area contributed by atoms with Crippen LogP contribution in [0.4, 0.5) is 0 Å². The van der Waals surface area contributed by atoms with Gasteiger partial charge in [-0.2, -0.15) is 5.10 Å². The first-order valence-electron chi connectivity index (χ1n) is 10.2. The summed E-state index contributed by atoms with van der Waals surface area (Å²) < 4.78 is 0. The largest absolute Gasteiger partial charge is 0.271 e. The number of carbonyl (C=O) groups is 1. The fourth-order valence-corrected chi connectivity index (χ4v) is 3.75. The smallest absolute Gasteiger partial charge is 0.267 e. The van der Waals surface area contributed by atoms with Crippen molar-refractivity contribution in [1.82, 2.24) is 5.43 Å². The summed E-state index contributed by atoms with van der Waals surface area (Å²) in [4.78, 5) is 12.7. The van der Waals surface area contributed by atoms with E-state index in [9.17, 15) is 4.79 Å². The third kappa shape index (κ3) is 5.42. The molecule has 1 fully saturated rings. The van der Waals surface area contributed by atoms with Gasteiger partial charge in [0.2, 0.25) is 0 Å². The molecule has 1 aliphatic rings. The van der Waals surface area contributed by atoms with Crippen molar-refractivity contribution >= 4 is 22.4 Å². The van der Waals surface area contributed by atoms with E-state index in [2.05, 4.69) is 10.5 Å². The van der Waals surface area contributed by atoms with Gasteiger partial charge in [-0.15, -0.1) is 0 Å². The Morgan fingerprint density at radius 3 is 2.00 bits per heavy atom. The van der Waals surface area contributed by atoms with Gasteiger partial charge < -0.3 is 0 Å². The Hall–Kier alpha value is -2.16. The van der Waals surface area contributed by atoms with Crippen LogP contribution in [0.25, 0.3) is 10.8 Å². The predicted octanol–water partition coefficient (Wildman–Crippen LogP) is 6.23. The molecule has 0 aromatic heterocycles. The maximum atomic E-state index is 12.7. The summed E-state index contributed by atoms with van der Waals surface area (Å²) >= 11 is 0. The van der Waals surface area contributed by atoms with Crippen molar-refractivity contribution in [3.8, 4) is 0 Å². The molecule has 1 N–H and O–H groups in total. The number of hydrogen-bond donors (Lipinski definition) is 1. The summed E-state index contributed by atoms with van der Waals surface area (Å²) in [5.74, 6) is -0.111. The average molecular weight is 351 g/mol. The molecule has 138 valence electrons. The van der Waals surface area contributed by atoms with Crippen LogP contribution in [0.2, 0.25) is 0 Å². The van der Waals surface area contributed by atoms with Gasteiger partial charge in [0.25, 0.3) is 5.91 Å². The standard InChI is InChI=1S/C23H30N2O/c26-23(22-18-12-14-19-13-10-11-17-21(19)22)25-24-20-15-8-6-4-2-1-3-5-7-9-16-20/h10-14,17-18H,1-9,15-16H2,(H,25,26). The van der Waals surface area contributed by atoms with Crippen LogP contribution < -0.4 is 5.43 Å². The lowest BCUT2D eigenvalue weighted by Crippen LogP contribution is -2.20. The predicted molar refractivity (Wildman–Crippen MR) is 110 cm³/mol. The fraction of sp³-hybridized carbons (Fsp3) is 0.478. The number of nitrogens with zero attached hydrogens (tertiary/aromatic N) is 1. The topological polar surface area (TPSA) is 41.5 Å². The van der Waals surface area contributed by atoms with Crippen LogP contribution in [0.5, 0.6) is 0 Å². The first-order valence-corrected chi connectivity index (χ1v) is 10.2. The molecule has 0 bridgehead atoms. The summed E-state index contributed by atoms with van der Waals surface area (Å²) in [6, 6.07) is 13.8. The van der Waals surface area contributed by atoms with E-state index < -0.39 is 0 Å². The molecule has 0 radical (unpaired) electrons. The van der Waals surface area contributed by atoms with Gasteiger partial charge in [0, 0.05) is 11.3 Å². The molecule has 3 nitrogen and oxygen atoms in total. The minimum absolute atomic E-state index is 0.111. The second-order valence-electron chi connectivity index (χ2n) is 7.33. The third-order valence-electron chi connectivity index (χ3n) is 5.28. The molecule has 2 aromatic rings. The van der Waals surface area contributed by atoms with Crippen molar-refractivity contribution < 1.29 is 4.79 Å². The van der Waals surface area contributed by atoms with Gasteiger partial charge in [-0.25, -0.2) is 5.43 Å². The van der Waals surface area contributed by atoms with E-state index >= 15 is 0 Å². The van der Waals surface area contributed by atoms with Gasteiger partial charge in [-0.05, 0) is 42.5 Å². The molecule has 3 rings (SSSR count). The van der Waals surface area contributed by atoms with Crippen molar-refractivity contribution in [2.75, 3.05) is 0 Å². The van der Waals surface area contributed by atoms with Crippen LogP contribution in [0.1, 0.15) is 81.0 Å². The minimum Gasteiger partial charge on any atom is -0.267 e. The van der Waals surface area contributed by atoms with Crippen molar-refractivity contribution in [3.05, 3.63) is 48.0 Å². The molecule has 0 aliphatic heterocycles. The Morgan fingerprint density at radius 1 is 0.731 bits per heavy atom. The number of fused-ring (bicyclic) bond motifs is 1. The van der Waals surface area contributed by atoms with Crippen molar-refractivity contribution in [1.29, 1.82) is 0 Å². The zero-order valence-electron chi connectivity index (χ0n) is 15.7. The van der Waals surface area contributed by atoms with Gasteiger partial charge in [-0.3, -0.25) is 4.79 Å². The third-order valence-corrected chi connectivity index (χ3v) is 5.28. The lowest BCUT2D eigenvalue weighted by Gasteiger charge is -2.10. The number of nitrogens with one attached hydrogen (secondary N) is 1. The summed E-state index contributed by atoms with van der Waals surface area (Å²) in [6.07, 6.45) is 13.7. The molecule has 3 heteroatoms. The second kappa shape index (κ2) is 10.1. The molecule has 0 saturated heterocycles. The van der Waals surface area contributed by atoms with Crippen LogP contribution in [-0.4, -0.2) is 11.6 Å². The van der Waals surface area contributed by atoms with Gasteiger partial charge in [0.05, 0.1) is 0 Å². The van der Waals surface area contributed by atoms with Crippen LogP contribution in [-0.2, 0) is 0 Å². The highest BCUT2D eigenvalue weighted by Crippen LogP contribution is 2.19. The van der Waals surface area contributed by atoms with Crippen molar-refractivity contribution in [2.24, 2.45) is 5.10 Å². The molecule has 0 unspecified atom stereocenters. The van der Waals surface area contributed by atoms with Gasteiger partial charge >= 0.3 is 0 Å². The van der Waals surface area contributed by atoms with Crippen LogP contribution in [0, 0.1) is 0 Å².